The van der Waals surface area contributed by atoms with E-state index >= 15 is 0 Å². The lowest BCUT2D eigenvalue weighted by Gasteiger charge is -2.18. The Morgan fingerprint density at radius 1 is 1.05 bits per heavy atom. The third kappa shape index (κ3) is 2.32. The first-order valence-electron chi connectivity index (χ1n) is 6.44. The predicted molar refractivity (Wildman–Crippen MR) is 76.9 cm³/mol. The van der Waals surface area contributed by atoms with Crippen LogP contribution in [0.15, 0.2) is 35.2 Å². The Balaban J connectivity index is 2.16. The summed E-state index contributed by atoms with van der Waals surface area (Å²) >= 11 is 0. The van der Waals surface area contributed by atoms with Crippen LogP contribution >= 0.6 is 0 Å². The number of anilines is 1. The van der Waals surface area contributed by atoms with Gasteiger partial charge in [0.2, 0.25) is 0 Å². The zero-order valence-electron chi connectivity index (χ0n) is 10.8. The van der Waals surface area contributed by atoms with Crippen molar-refractivity contribution in [3.05, 3.63) is 30.3 Å². The second-order valence-corrected chi connectivity index (χ2v) is 6.44. The van der Waals surface area contributed by atoms with Crippen molar-refractivity contribution in [2.45, 2.75) is 17.7 Å². The number of nitrogens with zero attached hydrogens (tertiary/aromatic N) is 1. The van der Waals surface area contributed by atoms with Gasteiger partial charge in [-0.05, 0) is 42.5 Å². The molecule has 0 aromatic heterocycles. The molecular weight excluding hydrogens is 278 g/mol. The number of phenols is 1. The summed E-state index contributed by atoms with van der Waals surface area (Å²) in [6.45, 7) is 1.96. The molecule has 1 saturated heterocycles. The minimum Gasteiger partial charge on any atom is -0.507 e. The van der Waals surface area contributed by atoms with E-state index in [1.807, 2.05) is 12.1 Å². The fraction of sp³-hybridized carbons (Fsp3) is 0.286. The number of phenolic OH excluding ortho intramolecular Hbond substituents is 1. The molecule has 1 aliphatic heterocycles. The van der Waals surface area contributed by atoms with E-state index in [4.69, 9.17) is 4.55 Å². The highest BCUT2D eigenvalue weighted by molar-refractivity contribution is 7.85. The normalized spacial score (nSPS) is 15.9. The summed E-state index contributed by atoms with van der Waals surface area (Å²) in [6.07, 6.45) is 2.29. The van der Waals surface area contributed by atoms with Crippen molar-refractivity contribution in [1.82, 2.24) is 0 Å². The maximum atomic E-state index is 11.2. The second kappa shape index (κ2) is 4.64. The first-order valence-corrected chi connectivity index (χ1v) is 7.88. The van der Waals surface area contributed by atoms with Crippen molar-refractivity contribution >= 4 is 26.6 Å². The van der Waals surface area contributed by atoms with Gasteiger partial charge >= 0.3 is 0 Å². The molecule has 1 aliphatic rings. The Bertz CT molecular complexity index is 764. The molecule has 106 valence electrons. The van der Waals surface area contributed by atoms with Gasteiger partial charge in [-0.2, -0.15) is 8.42 Å². The molecule has 0 unspecified atom stereocenters. The Kier molecular flexibility index (Phi) is 3.07. The highest BCUT2D eigenvalue weighted by atomic mass is 32.2. The minimum atomic E-state index is -4.32. The van der Waals surface area contributed by atoms with Crippen LogP contribution in [0.25, 0.3) is 10.8 Å². The van der Waals surface area contributed by atoms with E-state index in [0.717, 1.165) is 37.7 Å². The summed E-state index contributed by atoms with van der Waals surface area (Å²) in [5, 5.41) is 11.1. The minimum absolute atomic E-state index is 0.150. The summed E-state index contributed by atoms with van der Waals surface area (Å²) < 4.78 is 31.5. The van der Waals surface area contributed by atoms with Crippen LogP contribution in [0.1, 0.15) is 12.8 Å². The number of benzene rings is 2. The molecule has 1 fully saturated rings. The summed E-state index contributed by atoms with van der Waals surface area (Å²) in [4.78, 5) is 1.93. The quantitative estimate of drug-likeness (QED) is 0.831. The average Bonchev–Trinajstić information content (AvgIpc) is 2.90. The molecule has 2 aromatic carbocycles. The van der Waals surface area contributed by atoms with Gasteiger partial charge in [-0.1, -0.05) is 0 Å². The van der Waals surface area contributed by atoms with Gasteiger partial charge < -0.3 is 10.0 Å². The third-order valence-corrected chi connectivity index (χ3v) is 4.49. The summed E-state index contributed by atoms with van der Waals surface area (Å²) in [5.74, 6) is -0.150. The molecule has 5 nitrogen and oxygen atoms in total. The Morgan fingerprint density at radius 3 is 2.40 bits per heavy atom. The fourth-order valence-corrected chi connectivity index (χ4v) is 3.17. The lowest BCUT2D eigenvalue weighted by Crippen LogP contribution is -2.17. The van der Waals surface area contributed by atoms with Crippen LogP contribution in [-0.4, -0.2) is 31.2 Å². The number of aromatic hydroxyl groups is 1. The molecule has 0 aliphatic carbocycles. The highest BCUT2D eigenvalue weighted by Crippen LogP contribution is 2.32. The van der Waals surface area contributed by atoms with Crippen molar-refractivity contribution in [3.8, 4) is 5.75 Å². The monoisotopic (exact) mass is 293 g/mol. The highest BCUT2D eigenvalue weighted by Gasteiger charge is 2.16. The topological polar surface area (TPSA) is 77.8 Å². The van der Waals surface area contributed by atoms with Gasteiger partial charge in [0.25, 0.3) is 10.1 Å². The Labute approximate surface area is 117 Å². The molecule has 1 heterocycles. The van der Waals surface area contributed by atoms with Gasteiger partial charge in [-0.25, -0.2) is 0 Å². The summed E-state index contributed by atoms with van der Waals surface area (Å²) in [7, 11) is -4.32. The summed E-state index contributed by atoms with van der Waals surface area (Å²) in [5.41, 5.74) is 1.00. The number of hydrogen-bond donors (Lipinski definition) is 2. The van der Waals surface area contributed by atoms with Gasteiger partial charge in [0.1, 0.15) is 5.75 Å². The van der Waals surface area contributed by atoms with Crippen LogP contribution in [-0.2, 0) is 10.1 Å². The van der Waals surface area contributed by atoms with Crippen molar-refractivity contribution in [1.29, 1.82) is 0 Å². The molecule has 0 amide bonds. The SMILES string of the molecule is O=S(=O)(O)c1cc(O)c2ccc(N3CCCC3)cc2c1. The second-order valence-electron chi connectivity index (χ2n) is 5.02. The molecular formula is C14H15NO4S. The van der Waals surface area contributed by atoms with Crippen molar-refractivity contribution in [2.24, 2.45) is 0 Å². The maximum Gasteiger partial charge on any atom is 0.294 e. The van der Waals surface area contributed by atoms with E-state index in [1.54, 1.807) is 6.07 Å². The van der Waals surface area contributed by atoms with Crippen LogP contribution in [0.2, 0.25) is 0 Å². The van der Waals surface area contributed by atoms with Crippen LogP contribution in [0.3, 0.4) is 0 Å². The van der Waals surface area contributed by atoms with Crippen LogP contribution < -0.4 is 4.90 Å². The van der Waals surface area contributed by atoms with Crippen LogP contribution in [0.4, 0.5) is 5.69 Å². The molecule has 2 N–H and O–H groups in total. The largest absolute Gasteiger partial charge is 0.507 e. The zero-order valence-corrected chi connectivity index (χ0v) is 11.6. The van der Waals surface area contributed by atoms with Crippen LogP contribution in [0, 0.1) is 0 Å². The van der Waals surface area contributed by atoms with Gasteiger partial charge in [0.15, 0.2) is 0 Å². The smallest absolute Gasteiger partial charge is 0.294 e. The molecule has 0 atom stereocenters. The van der Waals surface area contributed by atoms with E-state index < -0.39 is 10.1 Å². The van der Waals surface area contributed by atoms with E-state index in [9.17, 15) is 13.5 Å². The van der Waals surface area contributed by atoms with Crippen molar-refractivity contribution < 1.29 is 18.1 Å². The molecule has 20 heavy (non-hydrogen) atoms. The van der Waals surface area contributed by atoms with Gasteiger partial charge in [0.05, 0.1) is 4.90 Å². The average molecular weight is 293 g/mol. The van der Waals surface area contributed by atoms with Crippen molar-refractivity contribution in [3.63, 3.8) is 0 Å². The van der Waals surface area contributed by atoms with E-state index in [1.165, 1.54) is 6.07 Å². The number of fused-ring (bicyclic) bond motifs is 1. The lowest BCUT2D eigenvalue weighted by molar-refractivity contribution is 0.471. The predicted octanol–water partition coefficient (Wildman–Crippen LogP) is 2.39. The van der Waals surface area contributed by atoms with Crippen molar-refractivity contribution in [2.75, 3.05) is 18.0 Å². The molecule has 2 aromatic rings. The Hall–Kier alpha value is -1.79. The maximum absolute atomic E-state index is 11.2. The lowest BCUT2D eigenvalue weighted by atomic mass is 10.1. The molecule has 0 spiro atoms. The Morgan fingerprint density at radius 2 is 1.75 bits per heavy atom. The molecule has 0 bridgehead atoms. The third-order valence-electron chi connectivity index (χ3n) is 3.66. The molecule has 0 radical (unpaired) electrons. The van der Waals surface area contributed by atoms with Gasteiger partial charge in [-0.15, -0.1) is 0 Å². The molecule has 0 saturated carbocycles. The molecule has 3 rings (SSSR count). The first-order chi connectivity index (χ1) is 9.45. The van der Waals surface area contributed by atoms with E-state index in [-0.39, 0.29) is 10.6 Å². The van der Waals surface area contributed by atoms with Crippen LogP contribution in [0.5, 0.6) is 5.75 Å². The van der Waals surface area contributed by atoms with Gasteiger partial charge in [-0.3, -0.25) is 4.55 Å². The number of rotatable bonds is 2. The fourth-order valence-electron chi connectivity index (χ4n) is 2.63. The molecule has 6 heteroatoms. The zero-order chi connectivity index (χ0) is 14.3. The van der Waals surface area contributed by atoms with E-state index in [0.29, 0.717) is 10.8 Å². The van der Waals surface area contributed by atoms with E-state index in [2.05, 4.69) is 4.90 Å². The standard InChI is InChI=1S/C14H15NO4S/c16-14-9-12(20(17,18)19)8-10-7-11(3-4-13(10)14)15-5-1-2-6-15/h3-4,7-9,16H,1-2,5-6H2,(H,17,18,19). The number of hydrogen-bond acceptors (Lipinski definition) is 4. The summed E-state index contributed by atoms with van der Waals surface area (Å²) in [6, 6.07) is 7.97. The van der Waals surface area contributed by atoms with Gasteiger partial charge in [0, 0.05) is 30.2 Å². The first kappa shape index (κ1) is 13.2.